The number of ether oxygens (including phenoxy) is 1. The Bertz CT molecular complexity index is 925. The second-order valence-electron chi connectivity index (χ2n) is 7.43. The van der Waals surface area contributed by atoms with Crippen LogP contribution in [-0.2, 0) is 21.2 Å². The fourth-order valence-corrected chi connectivity index (χ4v) is 5.21. The van der Waals surface area contributed by atoms with E-state index in [2.05, 4.69) is 0 Å². The first-order chi connectivity index (χ1) is 13.3. The van der Waals surface area contributed by atoms with Crippen molar-refractivity contribution in [2.24, 2.45) is 0 Å². The van der Waals surface area contributed by atoms with Gasteiger partial charge in [-0.2, -0.15) is 0 Å². The summed E-state index contributed by atoms with van der Waals surface area (Å²) in [5.74, 6) is 0.903. The van der Waals surface area contributed by atoms with Gasteiger partial charge in [0.25, 0.3) is 0 Å². The van der Waals surface area contributed by atoms with Gasteiger partial charge in [-0.15, -0.1) is 0 Å². The Balaban J connectivity index is 1.66. The maximum absolute atomic E-state index is 12.9. The van der Waals surface area contributed by atoms with E-state index in [4.69, 9.17) is 4.74 Å². The number of aryl methyl sites for hydroxylation is 2. The number of hydrogen-bond acceptors (Lipinski definition) is 4. The van der Waals surface area contributed by atoms with E-state index in [1.54, 1.807) is 4.90 Å². The molecular formula is C22H27NO4S. The van der Waals surface area contributed by atoms with Crippen molar-refractivity contribution in [1.82, 2.24) is 4.90 Å². The van der Waals surface area contributed by atoms with E-state index >= 15 is 0 Å². The largest absolute Gasteiger partial charge is 0.493 e. The van der Waals surface area contributed by atoms with Crippen LogP contribution in [0.1, 0.15) is 29.5 Å². The molecule has 6 heteroatoms. The van der Waals surface area contributed by atoms with E-state index in [-0.39, 0.29) is 36.5 Å². The third-order valence-electron chi connectivity index (χ3n) is 5.08. The Morgan fingerprint density at radius 1 is 1.14 bits per heavy atom. The summed E-state index contributed by atoms with van der Waals surface area (Å²) in [6.45, 7) is 4.67. The Hall–Kier alpha value is -2.34. The molecule has 0 aliphatic carbocycles. The van der Waals surface area contributed by atoms with Crippen LogP contribution >= 0.6 is 0 Å². The van der Waals surface area contributed by atoms with Crippen molar-refractivity contribution in [3.05, 3.63) is 65.2 Å². The maximum Gasteiger partial charge on any atom is 0.226 e. The highest BCUT2D eigenvalue weighted by molar-refractivity contribution is 7.91. The van der Waals surface area contributed by atoms with Crippen LogP contribution < -0.4 is 4.74 Å². The third kappa shape index (κ3) is 5.35. The summed E-state index contributed by atoms with van der Waals surface area (Å²) in [4.78, 5) is 14.7. The second kappa shape index (κ2) is 8.78. The van der Waals surface area contributed by atoms with Gasteiger partial charge < -0.3 is 9.64 Å². The van der Waals surface area contributed by atoms with Crippen molar-refractivity contribution >= 4 is 15.7 Å². The van der Waals surface area contributed by atoms with Crippen LogP contribution in [0.4, 0.5) is 0 Å². The third-order valence-corrected chi connectivity index (χ3v) is 6.83. The van der Waals surface area contributed by atoms with Crippen LogP contribution in [0.25, 0.3) is 0 Å². The Labute approximate surface area is 167 Å². The first-order valence-electron chi connectivity index (χ1n) is 9.58. The summed E-state index contributed by atoms with van der Waals surface area (Å²) < 4.78 is 29.7. The minimum Gasteiger partial charge on any atom is -0.493 e. The average Bonchev–Trinajstić information content (AvgIpc) is 3.03. The standard InChI is InChI=1S/C22H27NO4S/c1-17-8-9-18(2)21(14-17)27-12-10-22(24)23(15-19-6-4-3-5-7-19)20-11-13-28(25,26)16-20/h3-9,14,20H,10-13,15-16H2,1-2H3/t20-/m0/s1. The zero-order valence-electron chi connectivity index (χ0n) is 16.4. The molecule has 1 aliphatic rings. The summed E-state index contributed by atoms with van der Waals surface area (Å²) in [6.07, 6.45) is 0.718. The Morgan fingerprint density at radius 2 is 1.89 bits per heavy atom. The van der Waals surface area contributed by atoms with Gasteiger partial charge >= 0.3 is 0 Å². The van der Waals surface area contributed by atoms with Gasteiger partial charge in [-0.25, -0.2) is 8.42 Å². The van der Waals surface area contributed by atoms with Crippen molar-refractivity contribution in [3.63, 3.8) is 0 Å². The minimum absolute atomic E-state index is 0.0451. The molecule has 0 radical (unpaired) electrons. The fraction of sp³-hybridized carbons (Fsp3) is 0.409. The molecule has 5 nitrogen and oxygen atoms in total. The van der Waals surface area contributed by atoms with Gasteiger partial charge in [-0.1, -0.05) is 42.5 Å². The van der Waals surface area contributed by atoms with E-state index in [1.807, 2.05) is 62.4 Å². The molecule has 1 atom stereocenters. The average molecular weight is 402 g/mol. The quantitative estimate of drug-likeness (QED) is 0.714. The number of carbonyl (C=O) groups is 1. The van der Waals surface area contributed by atoms with E-state index in [0.29, 0.717) is 13.0 Å². The van der Waals surface area contributed by atoms with Crippen molar-refractivity contribution in [2.45, 2.75) is 39.3 Å². The molecular weight excluding hydrogens is 374 g/mol. The topological polar surface area (TPSA) is 63.7 Å². The molecule has 1 saturated heterocycles. The van der Waals surface area contributed by atoms with Crippen molar-refractivity contribution in [2.75, 3.05) is 18.1 Å². The van der Waals surface area contributed by atoms with Crippen molar-refractivity contribution < 1.29 is 17.9 Å². The molecule has 0 saturated carbocycles. The molecule has 0 N–H and O–H groups in total. The van der Waals surface area contributed by atoms with Crippen molar-refractivity contribution in [1.29, 1.82) is 0 Å². The van der Waals surface area contributed by atoms with Crippen LogP contribution in [0.2, 0.25) is 0 Å². The molecule has 2 aromatic rings. The molecule has 2 aromatic carbocycles. The molecule has 0 unspecified atom stereocenters. The SMILES string of the molecule is Cc1ccc(C)c(OCCC(=O)N(Cc2ccccc2)[C@H]2CCS(=O)(=O)C2)c1. The highest BCUT2D eigenvalue weighted by Crippen LogP contribution is 2.22. The highest BCUT2D eigenvalue weighted by Gasteiger charge is 2.34. The van der Waals surface area contributed by atoms with E-state index in [1.165, 1.54) is 0 Å². The lowest BCUT2D eigenvalue weighted by molar-refractivity contribution is -0.134. The van der Waals surface area contributed by atoms with Crippen LogP contribution in [0.3, 0.4) is 0 Å². The molecule has 0 bridgehead atoms. The van der Waals surface area contributed by atoms with Gasteiger partial charge in [0, 0.05) is 12.6 Å². The number of hydrogen-bond donors (Lipinski definition) is 0. The molecule has 1 amide bonds. The second-order valence-corrected chi connectivity index (χ2v) is 9.66. The molecule has 0 aromatic heterocycles. The normalized spacial score (nSPS) is 18.0. The number of amides is 1. The van der Waals surface area contributed by atoms with Gasteiger partial charge in [0.15, 0.2) is 9.84 Å². The molecule has 0 spiro atoms. The minimum atomic E-state index is -3.07. The lowest BCUT2D eigenvalue weighted by Crippen LogP contribution is -2.41. The summed E-state index contributed by atoms with van der Waals surface area (Å²) in [5, 5.41) is 0. The predicted molar refractivity (Wildman–Crippen MR) is 110 cm³/mol. The van der Waals surface area contributed by atoms with Gasteiger partial charge in [-0.3, -0.25) is 4.79 Å². The lowest BCUT2D eigenvalue weighted by Gasteiger charge is -2.28. The Kier molecular flexibility index (Phi) is 6.39. The predicted octanol–water partition coefficient (Wildman–Crippen LogP) is 3.29. The van der Waals surface area contributed by atoms with E-state index in [0.717, 1.165) is 22.4 Å². The summed E-state index contributed by atoms with van der Waals surface area (Å²) in [6, 6.07) is 15.4. The monoisotopic (exact) mass is 401 g/mol. The summed E-state index contributed by atoms with van der Waals surface area (Å²) in [7, 11) is -3.07. The van der Waals surface area contributed by atoms with Crippen LogP contribution in [0.5, 0.6) is 5.75 Å². The van der Waals surface area contributed by atoms with E-state index < -0.39 is 9.84 Å². The smallest absolute Gasteiger partial charge is 0.226 e. The number of rotatable bonds is 7. The number of carbonyl (C=O) groups excluding carboxylic acids is 1. The molecule has 1 aliphatic heterocycles. The van der Waals surface area contributed by atoms with Gasteiger partial charge in [-0.05, 0) is 43.0 Å². The van der Waals surface area contributed by atoms with Gasteiger partial charge in [0.1, 0.15) is 5.75 Å². The Morgan fingerprint density at radius 3 is 2.57 bits per heavy atom. The number of sulfone groups is 1. The molecule has 28 heavy (non-hydrogen) atoms. The van der Waals surface area contributed by atoms with Crippen LogP contribution in [-0.4, -0.2) is 43.4 Å². The summed E-state index contributed by atoms with van der Waals surface area (Å²) in [5.41, 5.74) is 3.13. The van der Waals surface area contributed by atoms with Gasteiger partial charge in [0.2, 0.25) is 5.91 Å². The lowest BCUT2D eigenvalue weighted by atomic mass is 10.1. The molecule has 3 rings (SSSR count). The van der Waals surface area contributed by atoms with E-state index in [9.17, 15) is 13.2 Å². The highest BCUT2D eigenvalue weighted by atomic mass is 32.2. The van der Waals surface area contributed by atoms with Gasteiger partial charge in [0.05, 0.1) is 24.5 Å². The van der Waals surface area contributed by atoms with Crippen molar-refractivity contribution in [3.8, 4) is 5.75 Å². The maximum atomic E-state index is 12.9. The summed E-state index contributed by atoms with van der Waals surface area (Å²) >= 11 is 0. The fourth-order valence-electron chi connectivity index (χ4n) is 3.48. The zero-order valence-corrected chi connectivity index (χ0v) is 17.2. The first-order valence-corrected chi connectivity index (χ1v) is 11.4. The van der Waals surface area contributed by atoms with Crippen LogP contribution in [0.15, 0.2) is 48.5 Å². The first kappa shape index (κ1) is 20.4. The number of nitrogens with zero attached hydrogens (tertiary/aromatic N) is 1. The zero-order chi connectivity index (χ0) is 20.1. The van der Waals surface area contributed by atoms with Crippen LogP contribution in [0, 0.1) is 13.8 Å². The molecule has 150 valence electrons. The molecule has 1 heterocycles. The molecule has 1 fully saturated rings. The number of benzene rings is 2.